The SMILES string of the molecule is CCN(C)C(=O)CNc1cncc(N)c1. The average molecular weight is 208 g/mol. The monoisotopic (exact) mass is 208 g/mol. The lowest BCUT2D eigenvalue weighted by Crippen LogP contribution is -2.31. The van der Waals surface area contributed by atoms with Gasteiger partial charge in [0.25, 0.3) is 0 Å². The Kier molecular flexibility index (Phi) is 3.91. The summed E-state index contributed by atoms with van der Waals surface area (Å²) in [6.07, 6.45) is 3.20. The van der Waals surface area contributed by atoms with Crippen LogP contribution >= 0.6 is 0 Å². The van der Waals surface area contributed by atoms with Gasteiger partial charge in [0.2, 0.25) is 5.91 Å². The molecular weight excluding hydrogens is 192 g/mol. The van der Waals surface area contributed by atoms with Crippen molar-refractivity contribution >= 4 is 17.3 Å². The van der Waals surface area contributed by atoms with Gasteiger partial charge in [0, 0.05) is 19.8 Å². The van der Waals surface area contributed by atoms with Crippen LogP contribution in [-0.4, -0.2) is 35.9 Å². The van der Waals surface area contributed by atoms with E-state index in [1.165, 1.54) is 0 Å². The smallest absolute Gasteiger partial charge is 0.241 e. The number of nitrogens with two attached hydrogens (primary N) is 1. The molecule has 0 radical (unpaired) electrons. The zero-order chi connectivity index (χ0) is 11.3. The standard InChI is InChI=1S/C10H16N4O/c1-3-14(2)10(15)7-13-9-4-8(11)5-12-6-9/h4-6,13H,3,7,11H2,1-2H3. The predicted molar refractivity (Wildman–Crippen MR) is 60.5 cm³/mol. The van der Waals surface area contributed by atoms with Crippen molar-refractivity contribution < 1.29 is 4.79 Å². The highest BCUT2D eigenvalue weighted by Crippen LogP contribution is 2.08. The predicted octanol–water partition coefficient (Wildman–Crippen LogP) is 0.554. The summed E-state index contributed by atoms with van der Waals surface area (Å²) in [5.74, 6) is 0.0416. The molecule has 1 rings (SSSR count). The summed E-state index contributed by atoms with van der Waals surface area (Å²) in [6, 6.07) is 1.74. The Bertz CT molecular complexity index is 340. The zero-order valence-corrected chi connectivity index (χ0v) is 9.03. The fourth-order valence-corrected chi connectivity index (χ4v) is 1.04. The molecule has 1 heterocycles. The number of aromatic nitrogens is 1. The number of hydrogen-bond donors (Lipinski definition) is 2. The summed E-state index contributed by atoms with van der Waals surface area (Å²) in [4.78, 5) is 17.0. The Balaban J connectivity index is 2.47. The van der Waals surface area contributed by atoms with Gasteiger partial charge in [0.15, 0.2) is 0 Å². The number of nitrogens with one attached hydrogen (secondary N) is 1. The van der Waals surface area contributed by atoms with E-state index in [0.29, 0.717) is 12.2 Å². The molecule has 0 spiro atoms. The maximum absolute atomic E-state index is 11.4. The summed E-state index contributed by atoms with van der Waals surface area (Å²) >= 11 is 0. The number of pyridine rings is 1. The van der Waals surface area contributed by atoms with Crippen LogP contribution in [0.5, 0.6) is 0 Å². The van der Waals surface area contributed by atoms with Crippen molar-refractivity contribution in [3.8, 4) is 0 Å². The van der Waals surface area contributed by atoms with E-state index in [1.54, 1.807) is 30.4 Å². The Morgan fingerprint density at radius 1 is 1.60 bits per heavy atom. The van der Waals surface area contributed by atoms with Crippen molar-refractivity contribution in [2.45, 2.75) is 6.92 Å². The van der Waals surface area contributed by atoms with E-state index in [4.69, 9.17) is 5.73 Å². The number of rotatable bonds is 4. The van der Waals surface area contributed by atoms with Crippen LogP contribution in [0.15, 0.2) is 18.5 Å². The van der Waals surface area contributed by atoms with E-state index in [0.717, 1.165) is 5.69 Å². The first-order valence-electron chi connectivity index (χ1n) is 4.82. The van der Waals surface area contributed by atoms with E-state index in [-0.39, 0.29) is 12.5 Å². The molecule has 82 valence electrons. The van der Waals surface area contributed by atoms with Gasteiger partial charge in [-0.1, -0.05) is 0 Å². The van der Waals surface area contributed by atoms with E-state index < -0.39 is 0 Å². The van der Waals surface area contributed by atoms with Gasteiger partial charge >= 0.3 is 0 Å². The van der Waals surface area contributed by atoms with Crippen molar-refractivity contribution in [1.29, 1.82) is 0 Å². The number of carbonyl (C=O) groups excluding carboxylic acids is 1. The molecule has 5 nitrogen and oxygen atoms in total. The minimum Gasteiger partial charge on any atom is -0.397 e. The number of amides is 1. The molecule has 3 N–H and O–H groups in total. The molecule has 1 amide bonds. The highest BCUT2D eigenvalue weighted by atomic mass is 16.2. The molecule has 0 fully saturated rings. The lowest BCUT2D eigenvalue weighted by molar-refractivity contribution is -0.127. The third kappa shape index (κ3) is 3.46. The van der Waals surface area contributed by atoms with Crippen LogP contribution in [0.4, 0.5) is 11.4 Å². The van der Waals surface area contributed by atoms with Gasteiger partial charge in [-0.25, -0.2) is 0 Å². The number of anilines is 2. The molecule has 0 unspecified atom stereocenters. The lowest BCUT2D eigenvalue weighted by atomic mass is 10.3. The van der Waals surface area contributed by atoms with Crippen molar-refractivity contribution in [2.24, 2.45) is 0 Å². The summed E-state index contributed by atoms with van der Waals surface area (Å²) in [5, 5.41) is 2.97. The van der Waals surface area contributed by atoms with Gasteiger partial charge in [-0.2, -0.15) is 0 Å². The molecule has 15 heavy (non-hydrogen) atoms. The van der Waals surface area contributed by atoms with Crippen molar-refractivity contribution in [2.75, 3.05) is 31.2 Å². The number of nitrogens with zero attached hydrogens (tertiary/aromatic N) is 2. The largest absolute Gasteiger partial charge is 0.397 e. The normalized spacial score (nSPS) is 9.73. The molecule has 0 aliphatic carbocycles. The van der Waals surface area contributed by atoms with Crippen LogP contribution in [0, 0.1) is 0 Å². The maximum atomic E-state index is 11.4. The Morgan fingerprint density at radius 3 is 2.93 bits per heavy atom. The summed E-state index contributed by atoms with van der Waals surface area (Å²) in [5.41, 5.74) is 6.89. The van der Waals surface area contributed by atoms with Crippen LogP contribution in [0.2, 0.25) is 0 Å². The Morgan fingerprint density at radius 2 is 2.33 bits per heavy atom. The average Bonchev–Trinajstić information content (AvgIpc) is 2.25. The second-order valence-corrected chi connectivity index (χ2v) is 3.27. The van der Waals surface area contributed by atoms with Gasteiger partial charge in [0.05, 0.1) is 24.1 Å². The molecule has 0 saturated heterocycles. The molecule has 5 heteroatoms. The van der Waals surface area contributed by atoms with Gasteiger partial charge in [-0.3, -0.25) is 9.78 Å². The molecule has 0 atom stereocenters. The van der Waals surface area contributed by atoms with Crippen LogP contribution < -0.4 is 11.1 Å². The van der Waals surface area contributed by atoms with Crippen molar-refractivity contribution in [1.82, 2.24) is 9.88 Å². The molecule has 1 aromatic rings. The van der Waals surface area contributed by atoms with E-state index >= 15 is 0 Å². The fraction of sp³-hybridized carbons (Fsp3) is 0.400. The molecule has 0 aromatic carbocycles. The summed E-state index contributed by atoms with van der Waals surface area (Å²) in [7, 11) is 1.77. The van der Waals surface area contributed by atoms with E-state index in [2.05, 4.69) is 10.3 Å². The highest BCUT2D eigenvalue weighted by molar-refractivity contribution is 5.80. The number of hydrogen-bond acceptors (Lipinski definition) is 4. The minimum absolute atomic E-state index is 0.0416. The molecule has 0 saturated carbocycles. The van der Waals surface area contributed by atoms with Gasteiger partial charge < -0.3 is 16.0 Å². The minimum atomic E-state index is 0.0416. The van der Waals surface area contributed by atoms with Crippen molar-refractivity contribution in [3.63, 3.8) is 0 Å². The second-order valence-electron chi connectivity index (χ2n) is 3.27. The Hall–Kier alpha value is -1.78. The van der Waals surface area contributed by atoms with Gasteiger partial charge in [-0.15, -0.1) is 0 Å². The number of nitrogen functional groups attached to an aromatic ring is 1. The van der Waals surface area contributed by atoms with E-state index in [9.17, 15) is 4.79 Å². The molecule has 0 bridgehead atoms. The van der Waals surface area contributed by atoms with Gasteiger partial charge in [-0.05, 0) is 13.0 Å². The molecule has 0 aliphatic heterocycles. The molecular formula is C10H16N4O. The Labute approximate surface area is 89.3 Å². The quantitative estimate of drug-likeness (QED) is 0.758. The van der Waals surface area contributed by atoms with Gasteiger partial charge in [0.1, 0.15) is 0 Å². The highest BCUT2D eigenvalue weighted by Gasteiger charge is 2.05. The van der Waals surface area contributed by atoms with Crippen molar-refractivity contribution in [3.05, 3.63) is 18.5 Å². The first-order valence-corrected chi connectivity index (χ1v) is 4.82. The van der Waals surface area contributed by atoms with Crippen LogP contribution in [0.3, 0.4) is 0 Å². The number of likely N-dealkylation sites (N-methyl/N-ethyl adjacent to an activating group) is 1. The third-order valence-corrected chi connectivity index (χ3v) is 2.10. The molecule has 1 aromatic heterocycles. The van der Waals surface area contributed by atoms with Crippen LogP contribution in [0.25, 0.3) is 0 Å². The van der Waals surface area contributed by atoms with Crippen LogP contribution in [0.1, 0.15) is 6.92 Å². The fourth-order valence-electron chi connectivity index (χ4n) is 1.04. The summed E-state index contributed by atoms with van der Waals surface area (Å²) < 4.78 is 0. The zero-order valence-electron chi connectivity index (χ0n) is 9.03. The maximum Gasteiger partial charge on any atom is 0.241 e. The second kappa shape index (κ2) is 5.19. The summed E-state index contributed by atoms with van der Waals surface area (Å²) in [6.45, 7) is 2.89. The first-order chi connectivity index (χ1) is 7.13. The topological polar surface area (TPSA) is 71.2 Å². The third-order valence-electron chi connectivity index (χ3n) is 2.10. The molecule has 0 aliphatic rings. The first kappa shape index (κ1) is 11.3. The lowest BCUT2D eigenvalue weighted by Gasteiger charge is -2.15. The number of carbonyl (C=O) groups is 1. The van der Waals surface area contributed by atoms with Crippen LogP contribution in [-0.2, 0) is 4.79 Å². The van der Waals surface area contributed by atoms with E-state index in [1.807, 2.05) is 6.92 Å².